The number of rotatable bonds is 7. The molecule has 0 unspecified atom stereocenters. The molecule has 0 aliphatic carbocycles. The smallest absolute Gasteiger partial charge is 0.247 e. The Morgan fingerprint density at radius 2 is 2.32 bits per heavy atom. The van der Waals surface area contributed by atoms with Gasteiger partial charge in [-0.05, 0) is 18.2 Å². The van der Waals surface area contributed by atoms with Crippen LogP contribution in [-0.2, 0) is 23.1 Å². The molecule has 22 heavy (non-hydrogen) atoms. The highest BCUT2D eigenvalue weighted by molar-refractivity contribution is 5.91. The Labute approximate surface area is 130 Å². The molecule has 2 aromatic rings. The summed E-state index contributed by atoms with van der Waals surface area (Å²) in [6.07, 6.45) is 8.59. The molecule has 0 N–H and O–H groups in total. The van der Waals surface area contributed by atoms with Gasteiger partial charge in [0.2, 0.25) is 5.91 Å². The zero-order valence-corrected chi connectivity index (χ0v) is 12.8. The number of carbonyl (C=O) groups excluding carboxylic acids is 1. The minimum Gasteiger partial charge on any atom is -0.383 e. The molecule has 6 heteroatoms. The van der Waals surface area contributed by atoms with Crippen LogP contribution in [-0.4, -0.2) is 45.8 Å². The molecule has 0 aromatic carbocycles. The molecule has 2 aromatic heterocycles. The predicted molar refractivity (Wildman–Crippen MR) is 83.8 cm³/mol. The number of methoxy groups -OCH3 is 1. The van der Waals surface area contributed by atoms with Gasteiger partial charge in [-0.25, -0.2) is 0 Å². The normalized spacial score (nSPS) is 11.0. The van der Waals surface area contributed by atoms with E-state index in [-0.39, 0.29) is 5.91 Å². The first kappa shape index (κ1) is 15.9. The summed E-state index contributed by atoms with van der Waals surface area (Å²) in [5.41, 5.74) is 1.74. The predicted octanol–water partition coefficient (Wildman–Crippen LogP) is 1.50. The van der Waals surface area contributed by atoms with Crippen LogP contribution in [0.15, 0.2) is 42.9 Å². The standard InChI is InChI=1S/C16H20N4O2/c1-19-12-14(11-18-19)6-7-16(21)20(9-10-22-2)13-15-5-3-4-8-17-15/h3-8,11-12H,9-10,13H2,1-2H3. The Bertz CT molecular complexity index is 622. The molecular formula is C16H20N4O2. The number of nitrogens with zero attached hydrogens (tertiary/aromatic N) is 4. The minimum absolute atomic E-state index is 0.0773. The van der Waals surface area contributed by atoms with E-state index < -0.39 is 0 Å². The molecule has 0 fully saturated rings. The second-order valence-corrected chi connectivity index (χ2v) is 4.85. The summed E-state index contributed by atoms with van der Waals surface area (Å²) >= 11 is 0. The number of aryl methyl sites for hydroxylation is 1. The third-order valence-corrected chi connectivity index (χ3v) is 3.10. The number of pyridine rings is 1. The van der Waals surface area contributed by atoms with Crippen molar-refractivity contribution < 1.29 is 9.53 Å². The maximum absolute atomic E-state index is 12.4. The molecule has 2 heterocycles. The molecule has 0 saturated heterocycles. The van der Waals surface area contributed by atoms with Crippen LogP contribution in [0.3, 0.4) is 0 Å². The van der Waals surface area contributed by atoms with Crippen molar-refractivity contribution in [3.05, 3.63) is 54.1 Å². The van der Waals surface area contributed by atoms with E-state index in [0.717, 1.165) is 11.3 Å². The van der Waals surface area contributed by atoms with Crippen molar-refractivity contribution in [1.82, 2.24) is 19.7 Å². The minimum atomic E-state index is -0.0773. The van der Waals surface area contributed by atoms with Gasteiger partial charge in [-0.2, -0.15) is 5.10 Å². The third-order valence-electron chi connectivity index (χ3n) is 3.10. The Morgan fingerprint density at radius 3 is 2.95 bits per heavy atom. The summed E-state index contributed by atoms with van der Waals surface area (Å²) < 4.78 is 6.77. The van der Waals surface area contributed by atoms with Crippen LogP contribution in [0.5, 0.6) is 0 Å². The average Bonchev–Trinajstić information content (AvgIpc) is 2.95. The van der Waals surface area contributed by atoms with Crippen molar-refractivity contribution in [2.24, 2.45) is 7.05 Å². The molecule has 0 aliphatic rings. The van der Waals surface area contributed by atoms with Gasteiger partial charge >= 0.3 is 0 Å². The molecule has 116 valence electrons. The lowest BCUT2D eigenvalue weighted by Gasteiger charge is -2.20. The van der Waals surface area contributed by atoms with Gasteiger partial charge in [0.15, 0.2) is 0 Å². The molecule has 1 amide bonds. The summed E-state index contributed by atoms with van der Waals surface area (Å²) in [6.45, 7) is 1.46. The maximum atomic E-state index is 12.4. The van der Waals surface area contributed by atoms with Crippen molar-refractivity contribution in [2.45, 2.75) is 6.54 Å². The first-order valence-electron chi connectivity index (χ1n) is 7.03. The summed E-state index contributed by atoms with van der Waals surface area (Å²) in [5.74, 6) is -0.0773. The van der Waals surface area contributed by atoms with Gasteiger partial charge in [0.1, 0.15) is 0 Å². The van der Waals surface area contributed by atoms with Crippen LogP contribution < -0.4 is 0 Å². The topological polar surface area (TPSA) is 60.2 Å². The summed E-state index contributed by atoms with van der Waals surface area (Å²) in [6, 6.07) is 5.66. The van der Waals surface area contributed by atoms with Crippen molar-refractivity contribution in [1.29, 1.82) is 0 Å². The molecule has 0 aliphatic heterocycles. The van der Waals surface area contributed by atoms with E-state index in [0.29, 0.717) is 19.7 Å². The first-order chi connectivity index (χ1) is 10.7. The van der Waals surface area contributed by atoms with Crippen molar-refractivity contribution in [2.75, 3.05) is 20.3 Å². The van der Waals surface area contributed by atoms with Crippen LogP contribution in [0.4, 0.5) is 0 Å². The summed E-state index contributed by atoms with van der Waals surface area (Å²) in [7, 11) is 3.46. The van der Waals surface area contributed by atoms with E-state index in [1.54, 1.807) is 41.2 Å². The van der Waals surface area contributed by atoms with Gasteiger partial charge in [0.25, 0.3) is 0 Å². The summed E-state index contributed by atoms with van der Waals surface area (Å²) in [4.78, 5) is 18.3. The molecule has 0 spiro atoms. The summed E-state index contributed by atoms with van der Waals surface area (Å²) in [5, 5.41) is 4.07. The Kier molecular flexibility index (Phi) is 5.85. The second-order valence-electron chi connectivity index (χ2n) is 4.85. The number of carbonyl (C=O) groups is 1. The third kappa shape index (κ3) is 4.82. The largest absolute Gasteiger partial charge is 0.383 e. The number of ether oxygens (including phenoxy) is 1. The number of hydrogen-bond donors (Lipinski definition) is 0. The van der Waals surface area contributed by atoms with Crippen molar-refractivity contribution in [3.8, 4) is 0 Å². The lowest BCUT2D eigenvalue weighted by atomic mass is 10.3. The van der Waals surface area contributed by atoms with E-state index in [4.69, 9.17) is 4.74 Å². The fraction of sp³-hybridized carbons (Fsp3) is 0.312. The fourth-order valence-corrected chi connectivity index (χ4v) is 1.95. The van der Waals surface area contributed by atoms with Gasteiger partial charge in [-0.1, -0.05) is 6.07 Å². The Balaban J connectivity index is 2.03. The van der Waals surface area contributed by atoms with E-state index in [9.17, 15) is 4.79 Å². The van der Waals surface area contributed by atoms with Crippen LogP contribution in [0, 0.1) is 0 Å². The zero-order chi connectivity index (χ0) is 15.8. The molecule has 2 rings (SSSR count). The fourth-order valence-electron chi connectivity index (χ4n) is 1.95. The van der Waals surface area contributed by atoms with E-state index >= 15 is 0 Å². The van der Waals surface area contributed by atoms with Crippen LogP contribution in [0.2, 0.25) is 0 Å². The molecule has 0 atom stereocenters. The Morgan fingerprint density at radius 1 is 1.45 bits per heavy atom. The second kappa shape index (κ2) is 8.09. The van der Waals surface area contributed by atoms with Crippen molar-refractivity contribution >= 4 is 12.0 Å². The lowest BCUT2D eigenvalue weighted by molar-refractivity contribution is -0.127. The highest BCUT2D eigenvalue weighted by Gasteiger charge is 2.11. The van der Waals surface area contributed by atoms with Gasteiger partial charge in [0.05, 0.1) is 25.0 Å². The molecular weight excluding hydrogens is 280 g/mol. The molecule has 6 nitrogen and oxygen atoms in total. The lowest BCUT2D eigenvalue weighted by Crippen LogP contribution is -2.32. The zero-order valence-electron chi connectivity index (χ0n) is 12.8. The average molecular weight is 300 g/mol. The number of hydrogen-bond acceptors (Lipinski definition) is 4. The van der Waals surface area contributed by atoms with Crippen LogP contribution in [0.25, 0.3) is 6.08 Å². The molecule has 0 saturated carbocycles. The van der Waals surface area contributed by atoms with Crippen LogP contribution >= 0.6 is 0 Å². The maximum Gasteiger partial charge on any atom is 0.247 e. The van der Waals surface area contributed by atoms with Gasteiger partial charge in [-0.15, -0.1) is 0 Å². The highest BCUT2D eigenvalue weighted by atomic mass is 16.5. The van der Waals surface area contributed by atoms with Gasteiger partial charge in [0, 0.05) is 44.7 Å². The van der Waals surface area contributed by atoms with Crippen LogP contribution in [0.1, 0.15) is 11.3 Å². The monoisotopic (exact) mass is 300 g/mol. The number of aromatic nitrogens is 3. The number of amides is 1. The van der Waals surface area contributed by atoms with E-state index in [2.05, 4.69) is 10.1 Å². The van der Waals surface area contributed by atoms with E-state index in [1.165, 1.54) is 0 Å². The molecule has 0 radical (unpaired) electrons. The molecule has 0 bridgehead atoms. The first-order valence-corrected chi connectivity index (χ1v) is 7.03. The van der Waals surface area contributed by atoms with Gasteiger partial charge < -0.3 is 9.64 Å². The quantitative estimate of drug-likeness (QED) is 0.727. The van der Waals surface area contributed by atoms with Gasteiger partial charge in [-0.3, -0.25) is 14.5 Å². The SMILES string of the molecule is COCCN(Cc1ccccn1)C(=O)C=Cc1cnn(C)c1. The van der Waals surface area contributed by atoms with Crippen molar-refractivity contribution in [3.63, 3.8) is 0 Å². The highest BCUT2D eigenvalue weighted by Crippen LogP contribution is 2.05. The van der Waals surface area contributed by atoms with E-state index in [1.807, 2.05) is 31.4 Å². The Hall–Kier alpha value is -2.47.